The molecule has 1 aromatic rings. The molecule has 17 heavy (non-hydrogen) atoms. The van der Waals surface area contributed by atoms with E-state index < -0.39 is 0 Å². The van der Waals surface area contributed by atoms with Crippen LogP contribution in [0.15, 0.2) is 18.2 Å². The van der Waals surface area contributed by atoms with Gasteiger partial charge < -0.3 is 14.8 Å². The van der Waals surface area contributed by atoms with Gasteiger partial charge in [0, 0.05) is 6.54 Å². The Labute approximate surface area is 104 Å². The van der Waals surface area contributed by atoms with Gasteiger partial charge in [-0.05, 0) is 37.6 Å². The van der Waals surface area contributed by atoms with Crippen LogP contribution in [0.1, 0.15) is 32.3 Å². The van der Waals surface area contributed by atoms with Crippen molar-refractivity contribution in [3.63, 3.8) is 0 Å². The monoisotopic (exact) mass is 237 g/mol. The van der Waals surface area contributed by atoms with Crippen LogP contribution < -0.4 is 14.8 Å². The SMILES string of the molecule is CCCOc1ccc(CNC)cc1OCCC. The Morgan fingerprint density at radius 2 is 1.65 bits per heavy atom. The minimum atomic E-state index is 0.728. The third-order valence-electron chi connectivity index (χ3n) is 2.31. The van der Waals surface area contributed by atoms with E-state index in [9.17, 15) is 0 Å². The molecule has 0 aliphatic carbocycles. The van der Waals surface area contributed by atoms with Crippen molar-refractivity contribution in [1.82, 2.24) is 5.32 Å². The van der Waals surface area contributed by atoms with Gasteiger partial charge in [0.05, 0.1) is 13.2 Å². The highest BCUT2D eigenvalue weighted by molar-refractivity contribution is 5.43. The smallest absolute Gasteiger partial charge is 0.161 e. The summed E-state index contributed by atoms with van der Waals surface area (Å²) >= 11 is 0. The Balaban J connectivity index is 2.78. The zero-order valence-electron chi connectivity index (χ0n) is 11.1. The molecule has 0 saturated carbocycles. The molecule has 0 heterocycles. The van der Waals surface area contributed by atoms with Crippen LogP contribution >= 0.6 is 0 Å². The second kappa shape index (κ2) is 7.96. The van der Waals surface area contributed by atoms with E-state index in [-0.39, 0.29) is 0 Å². The number of benzene rings is 1. The lowest BCUT2D eigenvalue weighted by molar-refractivity contribution is 0.268. The molecule has 0 bridgehead atoms. The minimum absolute atomic E-state index is 0.728. The van der Waals surface area contributed by atoms with Crippen molar-refractivity contribution in [3.8, 4) is 11.5 Å². The van der Waals surface area contributed by atoms with Crippen molar-refractivity contribution in [2.75, 3.05) is 20.3 Å². The molecule has 0 radical (unpaired) electrons. The summed E-state index contributed by atoms with van der Waals surface area (Å²) in [5.41, 5.74) is 1.21. The average Bonchev–Trinajstić information content (AvgIpc) is 2.35. The van der Waals surface area contributed by atoms with Gasteiger partial charge in [-0.3, -0.25) is 0 Å². The number of nitrogens with one attached hydrogen (secondary N) is 1. The highest BCUT2D eigenvalue weighted by Crippen LogP contribution is 2.28. The topological polar surface area (TPSA) is 30.5 Å². The first kappa shape index (κ1) is 13.8. The van der Waals surface area contributed by atoms with Crippen molar-refractivity contribution in [2.24, 2.45) is 0 Å². The Kier molecular flexibility index (Phi) is 6.48. The molecular weight excluding hydrogens is 214 g/mol. The first-order valence-electron chi connectivity index (χ1n) is 6.34. The second-order valence-electron chi connectivity index (χ2n) is 4.01. The van der Waals surface area contributed by atoms with Gasteiger partial charge in [0.2, 0.25) is 0 Å². The third kappa shape index (κ3) is 4.65. The molecule has 1 rings (SSSR count). The van der Waals surface area contributed by atoms with Crippen LogP contribution in [0.25, 0.3) is 0 Å². The Bertz CT molecular complexity index is 326. The van der Waals surface area contributed by atoms with Gasteiger partial charge in [-0.2, -0.15) is 0 Å². The van der Waals surface area contributed by atoms with E-state index >= 15 is 0 Å². The van der Waals surface area contributed by atoms with Gasteiger partial charge in [0.1, 0.15) is 0 Å². The predicted octanol–water partition coefficient (Wildman–Crippen LogP) is 2.98. The van der Waals surface area contributed by atoms with E-state index in [4.69, 9.17) is 9.47 Å². The molecule has 0 fully saturated rings. The van der Waals surface area contributed by atoms with E-state index in [1.165, 1.54) is 5.56 Å². The highest BCUT2D eigenvalue weighted by atomic mass is 16.5. The summed E-state index contributed by atoms with van der Waals surface area (Å²) in [4.78, 5) is 0. The molecule has 0 aliphatic rings. The van der Waals surface area contributed by atoms with E-state index in [0.717, 1.165) is 44.1 Å². The normalized spacial score (nSPS) is 10.3. The van der Waals surface area contributed by atoms with E-state index in [1.807, 2.05) is 13.1 Å². The van der Waals surface area contributed by atoms with Crippen molar-refractivity contribution >= 4 is 0 Å². The van der Waals surface area contributed by atoms with Gasteiger partial charge in [-0.15, -0.1) is 0 Å². The molecule has 0 aliphatic heterocycles. The van der Waals surface area contributed by atoms with Crippen LogP contribution in [0, 0.1) is 0 Å². The second-order valence-corrected chi connectivity index (χ2v) is 4.01. The van der Waals surface area contributed by atoms with Crippen molar-refractivity contribution in [3.05, 3.63) is 23.8 Å². The standard InChI is InChI=1S/C14H23NO2/c1-4-8-16-13-7-6-12(11-15-3)10-14(13)17-9-5-2/h6-7,10,15H,4-5,8-9,11H2,1-3H3. The first-order chi connectivity index (χ1) is 8.31. The molecule has 0 unspecified atom stereocenters. The van der Waals surface area contributed by atoms with Crippen LogP contribution in [0.5, 0.6) is 11.5 Å². The summed E-state index contributed by atoms with van der Waals surface area (Å²) in [7, 11) is 1.94. The maximum absolute atomic E-state index is 5.72. The first-order valence-corrected chi connectivity index (χ1v) is 6.34. The number of hydrogen-bond acceptors (Lipinski definition) is 3. The van der Waals surface area contributed by atoms with Crippen LogP contribution in [0.3, 0.4) is 0 Å². The Morgan fingerprint density at radius 1 is 1.00 bits per heavy atom. The highest BCUT2D eigenvalue weighted by Gasteiger charge is 2.06. The number of ether oxygens (including phenoxy) is 2. The average molecular weight is 237 g/mol. The fraction of sp³-hybridized carbons (Fsp3) is 0.571. The summed E-state index contributed by atoms with van der Waals surface area (Å²) in [5, 5.41) is 3.13. The van der Waals surface area contributed by atoms with Crippen LogP contribution in [0.2, 0.25) is 0 Å². The van der Waals surface area contributed by atoms with Gasteiger partial charge in [-0.25, -0.2) is 0 Å². The maximum atomic E-state index is 5.72. The Morgan fingerprint density at radius 3 is 2.24 bits per heavy atom. The van der Waals surface area contributed by atoms with Crippen molar-refractivity contribution in [2.45, 2.75) is 33.2 Å². The summed E-state index contributed by atoms with van der Waals surface area (Å²) < 4.78 is 11.4. The predicted molar refractivity (Wildman–Crippen MR) is 70.8 cm³/mol. The molecule has 0 saturated heterocycles. The number of hydrogen-bond donors (Lipinski definition) is 1. The van der Waals surface area contributed by atoms with E-state index in [1.54, 1.807) is 0 Å². The van der Waals surface area contributed by atoms with Crippen molar-refractivity contribution < 1.29 is 9.47 Å². The van der Waals surface area contributed by atoms with Crippen LogP contribution in [0.4, 0.5) is 0 Å². The lowest BCUT2D eigenvalue weighted by Gasteiger charge is -2.13. The van der Waals surface area contributed by atoms with Gasteiger partial charge in [0.15, 0.2) is 11.5 Å². The molecule has 1 aromatic carbocycles. The lowest BCUT2D eigenvalue weighted by atomic mass is 10.2. The van der Waals surface area contributed by atoms with Gasteiger partial charge in [0.25, 0.3) is 0 Å². The van der Waals surface area contributed by atoms with E-state index in [0.29, 0.717) is 0 Å². The van der Waals surface area contributed by atoms with Gasteiger partial charge in [-0.1, -0.05) is 19.9 Å². The molecule has 1 N–H and O–H groups in total. The molecule has 96 valence electrons. The molecule has 0 spiro atoms. The Hall–Kier alpha value is -1.22. The quantitative estimate of drug-likeness (QED) is 0.754. The van der Waals surface area contributed by atoms with Crippen molar-refractivity contribution in [1.29, 1.82) is 0 Å². The molecule has 0 aromatic heterocycles. The minimum Gasteiger partial charge on any atom is -0.490 e. The summed E-state index contributed by atoms with van der Waals surface area (Å²) in [6.07, 6.45) is 2.01. The third-order valence-corrected chi connectivity index (χ3v) is 2.31. The maximum Gasteiger partial charge on any atom is 0.161 e. The molecule has 3 heteroatoms. The summed E-state index contributed by atoms with van der Waals surface area (Å²) in [5.74, 6) is 1.70. The van der Waals surface area contributed by atoms with E-state index in [2.05, 4.69) is 31.3 Å². The number of rotatable bonds is 8. The zero-order chi connectivity index (χ0) is 12.5. The van der Waals surface area contributed by atoms with Crippen LogP contribution in [-0.4, -0.2) is 20.3 Å². The molecule has 0 amide bonds. The fourth-order valence-electron chi connectivity index (χ4n) is 1.52. The summed E-state index contributed by atoms with van der Waals surface area (Å²) in [6, 6.07) is 6.12. The molecule has 0 atom stereocenters. The van der Waals surface area contributed by atoms with Gasteiger partial charge >= 0.3 is 0 Å². The zero-order valence-corrected chi connectivity index (χ0v) is 11.1. The summed E-state index contributed by atoms with van der Waals surface area (Å²) in [6.45, 7) is 6.50. The van der Waals surface area contributed by atoms with Crippen LogP contribution in [-0.2, 0) is 6.54 Å². The molecule has 3 nitrogen and oxygen atoms in total. The molecular formula is C14H23NO2. The largest absolute Gasteiger partial charge is 0.490 e. The lowest BCUT2D eigenvalue weighted by Crippen LogP contribution is -2.06. The fourth-order valence-corrected chi connectivity index (χ4v) is 1.52.